The van der Waals surface area contributed by atoms with Crippen LogP contribution in [-0.4, -0.2) is 26.3 Å². The first kappa shape index (κ1) is 11.7. The fourth-order valence-corrected chi connectivity index (χ4v) is 2.74. The average Bonchev–Trinajstić information content (AvgIpc) is 2.03. The molecule has 0 aromatic heterocycles. The third kappa shape index (κ3) is 2.80. The molecule has 0 aromatic carbocycles. The smallest absolute Gasteiger partial charge is 0.0761 e. The van der Waals surface area contributed by atoms with Gasteiger partial charge in [-0.25, -0.2) is 0 Å². The van der Waals surface area contributed by atoms with Gasteiger partial charge in [0.2, 0.25) is 0 Å². The van der Waals surface area contributed by atoms with Gasteiger partial charge in [0.25, 0.3) is 0 Å². The summed E-state index contributed by atoms with van der Waals surface area (Å²) < 4.78 is 0.695. The second kappa shape index (κ2) is 4.45. The standard InChI is InChI=1S/C10H19IO2/c1-7-3-4-8(9(12)5-7)10(2,13)6-11/h7-9,12-13H,3-6H2,1-2H3. The molecule has 1 aliphatic carbocycles. The van der Waals surface area contributed by atoms with Gasteiger partial charge in [-0.3, -0.25) is 0 Å². The van der Waals surface area contributed by atoms with Crippen molar-refractivity contribution >= 4 is 22.6 Å². The molecule has 0 spiro atoms. The molecule has 2 nitrogen and oxygen atoms in total. The third-order valence-corrected chi connectivity index (χ3v) is 4.69. The number of halogens is 1. The van der Waals surface area contributed by atoms with Gasteiger partial charge < -0.3 is 10.2 Å². The Kier molecular flexibility index (Phi) is 4.01. The first-order valence-electron chi connectivity index (χ1n) is 4.93. The second-order valence-corrected chi connectivity index (χ2v) is 5.35. The predicted molar refractivity (Wildman–Crippen MR) is 62.0 cm³/mol. The normalized spacial score (nSPS) is 39.9. The highest BCUT2D eigenvalue weighted by molar-refractivity contribution is 14.1. The molecule has 0 bridgehead atoms. The van der Waals surface area contributed by atoms with Crippen LogP contribution in [-0.2, 0) is 0 Å². The summed E-state index contributed by atoms with van der Waals surface area (Å²) in [5.74, 6) is 0.678. The van der Waals surface area contributed by atoms with Gasteiger partial charge in [-0.15, -0.1) is 0 Å². The molecular formula is C10H19IO2. The highest BCUT2D eigenvalue weighted by atomic mass is 127. The van der Waals surface area contributed by atoms with E-state index in [1.165, 1.54) is 0 Å². The van der Waals surface area contributed by atoms with E-state index < -0.39 is 5.60 Å². The molecule has 3 heteroatoms. The Labute approximate surface area is 93.9 Å². The largest absolute Gasteiger partial charge is 0.393 e. The van der Waals surface area contributed by atoms with E-state index in [1.54, 1.807) is 0 Å². The average molecular weight is 298 g/mol. The molecule has 0 aromatic rings. The Morgan fingerprint density at radius 2 is 2.08 bits per heavy atom. The van der Waals surface area contributed by atoms with Gasteiger partial charge in [-0.1, -0.05) is 35.9 Å². The Balaban J connectivity index is 2.60. The van der Waals surface area contributed by atoms with E-state index in [9.17, 15) is 10.2 Å². The van der Waals surface area contributed by atoms with Gasteiger partial charge in [0, 0.05) is 10.3 Å². The van der Waals surface area contributed by atoms with E-state index in [4.69, 9.17) is 0 Å². The van der Waals surface area contributed by atoms with Gasteiger partial charge in [0.05, 0.1) is 11.7 Å². The number of hydrogen-bond acceptors (Lipinski definition) is 2. The summed E-state index contributed by atoms with van der Waals surface area (Å²) in [7, 11) is 0. The number of alkyl halides is 1. The molecule has 0 aliphatic heterocycles. The molecule has 78 valence electrons. The Morgan fingerprint density at radius 3 is 2.54 bits per heavy atom. The molecule has 4 atom stereocenters. The van der Waals surface area contributed by atoms with Crippen molar-refractivity contribution in [1.82, 2.24) is 0 Å². The van der Waals surface area contributed by atoms with Gasteiger partial charge >= 0.3 is 0 Å². The van der Waals surface area contributed by atoms with E-state index >= 15 is 0 Å². The monoisotopic (exact) mass is 298 g/mol. The lowest BCUT2D eigenvalue weighted by Crippen LogP contribution is -2.46. The zero-order valence-electron chi connectivity index (χ0n) is 8.33. The van der Waals surface area contributed by atoms with Crippen LogP contribution in [0.25, 0.3) is 0 Å². The summed E-state index contributed by atoms with van der Waals surface area (Å²) in [6.45, 7) is 4.00. The van der Waals surface area contributed by atoms with Gasteiger partial charge in [0.15, 0.2) is 0 Å². The van der Waals surface area contributed by atoms with Crippen molar-refractivity contribution in [1.29, 1.82) is 0 Å². The number of hydrogen-bond donors (Lipinski definition) is 2. The van der Waals surface area contributed by atoms with Crippen LogP contribution in [0, 0.1) is 11.8 Å². The summed E-state index contributed by atoms with van der Waals surface area (Å²) in [5, 5.41) is 19.9. The highest BCUT2D eigenvalue weighted by Gasteiger charge is 2.39. The maximum Gasteiger partial charge on any atom is 0.0761 e. The zero-order valence-corrected chi connectivity index (χ0v) is 10.5. The lowest BCUT2D eigenvalue weighted by molar-refractivity contribution is -0.0686. The fourth-order valence-electron chi connectivity index (χ4n) is 2.18. The zero-order chi connectivity index (χ0) is 10.1. The van der Waals surface area contributed by atoms with Crippen molar-refractivity contribution in [2.75, 3.05) is 4.43 Å². The van der Waals surface area contributed by atoms with Crippen LogP contribution in [0.5, 0.6) is 0 Å². The van der Waals surface area contributed by atoms with Crippen LogP contribution < -0.4 is 0 Å². The molecule has 0 saturated heterocycles. The minimum absolute atomic E-state index is 0.0700. The van der Waals surface area contributed by atoms with Crippen LogP contribution in [0.15, 0.2) is 0 Å². The molecule has 1 fully saturated rings. The Morgan fingerprint density at radius 1 is 1.46 bits per heavy atom. The van der Waals surface area contributed by atoms with Gasteiger partial charge in [0.1, 0.15) is 0 Å². The van der Waals surface area contributed by atoms with Crippen LogP contribution in [0.4, 0.5) is 0 Å². The second-order valence-electron chi connectivity index (χ2n) is 4.58. The number of aliphatic hydroxyl groups excluding tert-OH is 1. The first-order chi connectivity index (χ1) is 5.97. The van der Waals surface area contributed by atoms with Gasteiger partial charge in [-0.05, 0) is 25.7 Å². The van der Waals surface area contributed by atoms with Crippen molar-refractivity contribution in [2.45, 2.75) is 44.8 Å². The molecule has 1 saturated carbocycles. The number of rotatable bonds is 2. The molecule has 2 N–H and O–H groups in total. The Bertz CT molecular complexity index is 170. The lowest BCUT2D eigenvalue weighted by Gasteiger charge is -2.39. The highest BCUT2D eigenvalue weighted by Crippen LogP contribution is 2.36. The fraction of sp³-hybridized carbons (Fsp3) is 1.00. The van der Waals surface area contributed by atoms with Crippen LogP contribution in [0.1, 0.15) is 33.1 Å². The topological polar surface area (TPSA) is 40.5 Å². The minimum atomic E-state index is -0.694. The molecule has 0 heterocycles. The molecule has 0 radical (unpaired) electrons. The van der Waals surface area contributed by atoms with Crippen LogP contribution in [0.3, 0.4) is 0 Å². The van der Waals surface area contributed by atoms with Crippen LogP contribution in [0.2, 0.25) is 0 Å². The molecule has 1 rings (SSSR count). The summed E-state index contributed by atoms with van der Waals surface area (Å²) in [5.41, 5.74) is -0.694. The quantitative estimate of drug-likeness (QED) is 0.604. The van der Waals surface area contributed by atoms with Crippen LogP contribution >= 0.6 is 22.6 Å². The summed E-state index contributed by atoms with van der Waals surface area (Å²) in [6.07, 6.45) is 2.62. The third-order valence-electron chi connectivity index (χ3n) is 3.15. The van der Waals surface area contributed by atoms with Crippen molar-refractivity contribution in [3.63, 3.8) is 0 Å². The Hall–Kier alpha value is 0.650. The molecule has 13 heavy (non-hydrogen) atoms. The predicted octanol–water partition coefficient (Wildman–Crippen LogP) is 1.97. The van der Waals surface area contributed by atoms with Crippen molar-refractivity contribution < 1.29 is 10.2 Å². The van der Waals surface area contributed by atoms with E-state index in [0.29, 0.717) is 10.3 Å². The summed E-state index contributed by atoms with van der Waals surface area (Å²) in [6, 6.07) is 0. The summed E-state index contributed by atoms with van der Waals surface area (Å²) >= 11 is 2.19. The van der Waals surface area contributed by atoms with Gasteiger partial charge in [-0.2, -0.15) is 0 Å². The van der Waals surface area contributed by atoms with E-state index in [-0.39, 0.29) is 12.0 Å². The first-order valence-corrected chi connectivity index (χ1v) is 6.46. The summed E-state index contributed by atoms with van der Waals surface area (Å²) in [4.78, 5) is 0. The van der Waals surface area contributed by atoms with Crippen molar-refractivity contribution in [2.24, 2.45) is 11.8 Å². The molecule has 4 unspecified atom stereocenters. The van der Waals surface area contributed by atoms with E-state index in [2.05, 4.69) is 29.5 Å². The molecular weight excluding hydrogens is 279 g/mol. The van der Waals surface area contributed by atoms with Crippen molar-refractivity contribution in [3.05, 3.63) is 0 Å². The van der Waals surface area contributed by atoms with E-state index in [0.717, 1.165) is 19.3 Å². The molecule has 1 aliphatic rings. The van der Waals surface area contributed by atoms with E-state index in [1.807, 2.05) is 6.92 Å². The lowest BCUT2D eigenvalue weighted by atomic mass is 9.73. The van der Waals surface area contributed by atoms with Crippen molar-refractivity contribution in [3.8, 4) is 0 Å². The molecule has 0 amide bonds. The minimum Gasteiger partial charge on any atom is -0.393 e. The number of aliphatic hydroxyl groups is 2. The SMILES string of the molecule is CC1CCC(C(C)(O)CI)C(O)C1. The maximum atomic E-state index is 10.0. The maximum absolute atomic E-state index is 10.0.